The lowest BCUT2D eigenvalue weighted by molar-refractivity contribution is -0.385. The number of hydrogen-bond donors (Lipinski definition) is 2. The van der Waals surface area contributed by atoms with Crippen LogP contribution < -0.4 is 5.32 Å². The third kappa shape index (κ3) is 3.96. The number of rotatable bonds is 6. The Morgan fingerprint density at radius 1 is 1.56 bits per heavy atom. The highest BCUT2D eigenvalue weighted by molar-refractivity contribution is 9.10. The number of nitrogens with one attached hydrogen (secondary N) is 1. The van der Waals surface area contributed by atoms with Crippen molar-refractivity contribution >= 4 is 27.3 Å². The van der Waals surface area contributed by atoms with Gasteiger partial charge >= 0.3 is 0 Å². The molecule has 0 aliphatic carbocycles. The van der Waals surface area contributed by atoms with E-state index in [9.17, 15) is 15.2 Å². The average molecular weight is 317 g/mol. The van der Waals surface area contributed by atoms with E-state index in [2.05, 4.69) is 21.2 Å². The molecule has 1 aromatic rings. The summed E-state index contributed by atoms with van der Waals surface area (Å²) in [5.41, 5.74) is 1.52. The average Bonchev–Trinajstić information content (AvgIpc) is 2.32. The van der Waals surface area contributed by atoms with Gasteiger partial charge in [0.1, 0.15) is 0 Å². The molecule has 0 saturated carbocycles. The van der Waals surface area contributed by atoms with Crippen molar-refractivity contribution in [3.8, 4) is 0 Å². The van der Waals surface area contributed by atoms with Gasteiger partial charge in [-0.2, -0.15) is 0 Å². The summed E-state index contributed by atoms with van der Waals surface area (Å²) in [6.07, 6.45) is 1.07. The highest BCUT2D eigenvalue weighted by Crippen LogP contribution is 2.30. The topological polar surface area (TPSA) is 75.4 Å². The van der Waals surface area contributed by atoms with Gasteiger partial charge in [-0.25, -0.2) is 0 Å². The fourth-order valence-electron chi connectivity index (χ4n) is 1.58. The van der Waals surface area contributed by atoms with Crippen LogP contribution in [0, 0.1) is 17.0 Å². The van der Waals surface area contributed by atoms with Crippen LogP contribution in [0.3, 0.4) is 0 Å². The Balaban J connectivity index is 2.73. The third-order valence-corrected chi connectivity index (χ3v) is 3.40. The van der Waals surface area contributed by atoms with Crippen molar-refractivity contribution < 1.29 is 10.0 Å². The van der Waals surface area contributed by atoms with Crippen molar-refractivity contribution in [3.63, 3.8) is 0 Å². The molecule has 2 N–H and O–H groups in total. The molecule has 0 aliphatic heterocycles. The minimum atomic E-state index is -0.398. The molecule has 0 radical (unpaired) electrons. The number of nitro benzene ring substituents is 1. The molecule has 0 aromatic heterocycles. The van der Waals surface area contributed by atoms with Gasteiger partial charge in [-0.15, -0.1) is 0 Å². The molecule has 1 unspecified atom stereocenters. The Bertz CT molecular complexity index is 438. The van der Waals surface area contributed by atoms with Gasteiger partial charge in [0, 0.05) is 28.3 Å². The second-order valence-electron chi connectivity index (χ2n) is 4.15. The first-order valence-corrected chi connectivity index (χ1v) is 6.61. The maximum Gasteiger partial charge on any atom is 0.273 e. The molecule has 18 heavy (non-hydrogen) atoms. The second kappa shape index (κ2) is 6.70. The van der Waals surface area contributed by atoms with Crippen LogP contribution in [-0.4, -0.2) is 22.7 Å². The molecule has 1 atom stereocenters. The van der Waals surface area contributed by atoms with Gasteiger partial charge in [0.05, 0.1) is 11.0 Å². The molecule has 5 nitrogen and oxygen atoms in total. The molecule has 100 valence electrons. The molecule has 6 heteroatoms. The molecule has 0 fully saturated rings. The molecule has 1 aromatic carbocycles. The van der Waals surface area contributed by atoms with E-state index in [1.165, 1.54) is 6.07 Å². The summed E-state index contributed by atoms with van der Waals surface area (Å²) in [5.74, 6) is 0. The van der Waals surface area contributed by atoms with E-state index in [1.807, 2.05) is 6.92 Å². The van der Waals surface area contributed by atoms with Crippen LogP contribution >= 0.6 is 15.9 Å². The van der Waals surface area contributed by atoms with Crippen LogP contribution in [0.2, 0.25) is 0 Å². The summed E-state index contributed by atoms with van der Waals surface area (Å²) in [6, 6.07) is 3.23. The van der Waals surface area contributed by atoms with Gasteiger partial charge in [0.15, 0.2) is 0 Å². The van der Waals surface area contributed by atoms with E-state index >= 15 is 0 Å². The van der Waals surface area contributed by atoms with Crippen LogP contribution in [0.4, 0.5) is 11.4 Å². The molecule has 0 amide bonds. The van der Waals surface area contributed by atoms with Crippen LogP contribution in [0.1, 0.15) is 25.3 Å². The molecular weight excluding hydrogens is 300 g/mol. The number of benzene rings is 1. The SMILES string of the molecule is CCC(O)CCNc1cc(C)c([N+](=O)[O-])cc1Br. The lowest BCUT2D eigenvalue weighted by atomic mass is 10.1. The van der Waals surface area contributed by atoms with Gasteiger partial charge in [-0.3, -0.25) is 10.1 Å². The van der Waals surface area contributed by atoms with Gasteiger partial charge in [-0.05, 0) is 41.8 Å². The normalized spacial score (nSPS) is 12.2. The molecular formula is C12H17BrN2O3. The van der Waals surface area contributed by atoms with E-state index in [0.717, 1.165) is 12.1 Å². The first kappa shape index (κ1) is 14.9. The lowest BCUT2D eigenvalue weighted by Crippen LogP contribution is -2.12. The van der Waals surface area contributed by atoms with E-state index in [1.54, 1.807) is 13.0 Å². The molecule has 1 rings (SSSR count). The Morgan fingerprint density at radius 2 is 2.22 bits per heavy atom. The molecule has 0 saturated heterocycles. The van der Waals surface area contributed by atoms with Crippen LogP contribution in [0.15, 0.2) is 16.6 Å². The fraction of sp³-hybridized carbons (Fsp3) is 0.500. The first-order valence-electron chi connectivity index (χ1n) is 5.82. The third-order valence-electron chi connectivity index (χ3n) is 2.75. The number of aliphatic hydroxyl groups excluding tert-OH is 1. The number of hydrogen-bond acceptors (Lipinski definition) is 4. The van der Waals surface area contributed by atoms with Crippen LogP contribution in [-0.2, 0) is 0 Å². The maximum atomic E-state index is 10.8. The van der Waals surface area contributed by atoms with Crippen molar-refractivity contribution in [1.29, 1.82) is 0 Å². The number of halogens is 1. The first-order chi connectivity index (χ1) is 8.45. The van der Waals surface area contributed by atoms with Gasteiger partial charge in [-0.1, -0.05) is 6.92 Å². The van der Waals surface area contributed by atoms with Crippen LogP contribution in [0.5, 0.6) is 0 Å². The minimum Gasteiger partial charge on any atom is -0.393 e. The summed E-state index contributed by atoms with van der Waals surface area (Å²) >= 11 is 3.30. The van der Waals surface area contributed by atoms with Crippen molar-refractivity contribution in [3.05, 3.63) is 32.3 Å². The van der Waals surface area contributed by atoms with Crippen molar-refractivity contribution in [1.82, 2.24) is 0 Å². The standard InChI is InChI=1S/C12H17BrN2O3/c1-3-9(16)4-5-14-11-6-8(2)12(15(17)18)7-10(11)13/h6-7,9,14,16H,3-5H2,1-2H3. The van der Waals surface area contributed by atoms with Gasteiger partial charge in [0.25, 0.3) is 5.69 Å². The second-order valence-corrected chi connectivity index (χ2v) is 5.01. The monoisotopic (exact) mass is 316 g/mol. The van der Waals surface area contributed by atoms with Gasteiger partial charge in [0.2, 0.25) is 0 Å². The zero-order valence-electron chi connectivity index (χ0n) is 10.4. The largest absolute Gasteiger partial charge is 0.393 e. The van der Waals surface area contributed by atoms with E-state index in [-0.39, 0.29) is 11.8 Å². The summed E-state index contributed by atoms with van der Waals surface area (Å²) < 4.78 is 0.658. The van der Waals surface area contributed by atoms with E-state index < -0.39 is 4.92 Å². The Labute approximate surface area is 114 Å². The predicted octanol–water partition coefficient (Wildman–Crippen LogP) is 3.24. The number of aryl methyl sites for hydroxylation is 1. The highest BCUT2D eigenvalue weighted by Gasteiger charge is 2.14. The fourth-order valence-corrected chi connectivity index (χ4v) is 2.05. The Morgan fingerprint density at radius 3 is 2.78 bits per heavy atom. The van der Waals surface area contributed by atoms with Crippen molar-refractivity contribution in [2.24, 2.45) is 0 Å². The Hall–Kier alpha value is -1.14. The summed E-state index contributed by atoms with van der Waals surface area (Å²) in [7, 11) is 0. The van der Waals surface area contributed by atoms with Crippen molar-refractivity contribution in [2.75, 3.05) is 11.9 Å². The predicted molar refractivity (Wildman–Crippen MR) is 74.9 cm³/mol. The van der Waals surface area contributed by atoms with Gasteiger partial charge < -0.3 is 10.4 Å². The molecule has 0 heterocycles. The number of anilines is 1. The summed E-state index contributed by atoms with van der Waals surface area (Å²) in [4.78, 5) is 10.4. The van der Waals surface area contributed by atoms with E-state index in [0.29, 0.717) is 23.0 Å². The minimum absolute atomic E-state index is 0.0982. The zero-order chi connectivity index (χ0) is 13.7. The molecule has 0 bridgehead atoms. The molecule has 0 spiro atoms. The lowest BCUT2D eigenvalue weighted by Gasteiger charge is -2.12. The van der Waals surface area contributed by atoms with Crippen LogP contribution in [0.25, 0.3) is 0 Å². The smallest absolute Gasteiger partial charge is 0.273 e. The number of aliphatic hydroxyl groups is 1. The number of nitrogens with zero attached hydrogens (tertiary/aromatic N) is 1. The molecule has 0 aliphatic rings. The summed E-state index contributed by atoms with van der Waals surface area (Å²) in [5, 5.41) is 23.4. The Kier molecular flexibility index (Phi) is 5.55. The zero-order valence-corrected chi connectivity index (χ0v) is 12.0. The maximum absolute atomic E-state index is 10.8. The quantitative estimate of drug-likeness (QED) is 0.624. The van der Waals surface area contributed by atoms with E-state index in [4.69, 9.17) is 0 Å². The van der Waals surface area contributed by atoms with Crippen molar-refractivity contribution in [2.45, 2.75) is 32.8 Å². The number of nitro groups is 1. The summed E-state index contributed by atoms with van der Waals surface area (Å²) in [6.45, 7) is 4.26. The highest BCUT2D eigenvalue weighted by atomic mass is 79.9.